The second-order valence-electron chi connectivity index (χ2n) is 11.0. The number of hydrogen-bond acceptors (Lipinski definition) is 8. The maximum Gasteiger partial charge on any atom is 0.336 e. The van der Waals surface area contributed by atoms with Crippen LogP contribution < -0.4 is 0 Å². The molecule has 1 saturated heterocycles. The van der Waals surface area contributed by atoms with Crippen LogP contribution in [0.25, 0.3) is 0 Å². The Morgan fingerprint density at radius 3 is 1.79 bits per heavy atom. The number of ether oxygens (including phenoxy) is 3. The first kappa shape index (κ1) is 31.6. The van der Waals surface area contributed by atoms with Crippen LogP contribution in [-0.2, 0) is 33.0 Å². The van der Waals surface area contributed by atoms with Gasteiger partial charge in [-0.1, -0.05) is 104 Å². The van der Waals surface area contributed by atoms with E-state index < -0.39 is 48.2 Å². The van der Waals surface area contributed by atoms with Crippen molar-refractivity contribution in [2.24, 2.45) is 0 Å². The summed E-state index contributed by atoms with van der Waals surface area (Å²) in [6.07, 6.45) is -0.827. The number of benzene rings is 2. The van der Waals surface area contributed by atoms with E-state index in [0.717, 1.165) is 22.9 Å². The third-order valence-electron chi connectivity index (χ3n) is 7.48. The first-order valence-corrected chi connectivity index (χ1v) is 17.8. The highest BCUT2D eigenvalue weighted by Crippen LogP contribution is 2.52. The van der Waals surface area contributed by atoms with E-state index in [1.54, 1.807) is 0 Å². The quantitative estimate of drug-likeness (QED) is 0.0824. The number of rotatable bonds is 9. The van der Waals surface area contributed by atoms with Gasteiger partial charge < -0.3 is 18.6 Å². The summed E-state index contributed by atoms with van der Waals surface area (Å²) in [6.45, 7) is 10.4. The molecule has 1 aliphatic rings. The molecule has 1 heterocycles. The first-order valence-electron chi connectivity index (χ1n) is 12.7. The molecule has 0 spiro atoms. The van der Waals surface area contributed by atoms with E-state index in [1.807, 2.05) is 60.7 Å². The van der Waals surface area contributed by atoms with Crippen molar-refractivity contribution in [3.63, 3.8) is 0 Å². The second kappa shape index (κ2) is 12.7. The highest BCUT2D eigenvalue weighted by atomic mass is 127. The van der Waals surface area contributed by atoms with Gasteiger partial charge in [0.2, 0.25) is 4.75 Å². The van der Waals surface area contributed by atoms with Gasteiger partial charge in [-0.3, -0.25) is 4.79 Å². The zero-order valence-corrected chi connectivity index (χ0v) is 27.4. The number of carbonyl (C=O) groups is 3. The average molecular weight is 685 g/mol. The molecule has 0 amide bonds. The molecule has 3 rings (SSSR count). The third-order valence-corrected chi connectivity index (χ3v) is 15.6. The van der Waals surface area contributed by atoms with Crippen molar-refractivity contribution in [1.29, 1.82) is 0 Å². The van der Waals surface area contributed by atoms with Crippen molar-refractivity contribution in [1.82, 2.24) is 0 Å². The van der Waals surface area contributed by atoms with Crippen LogP contribution in [0.15, 0.2) is 60.7 Å². The number of hydrogen-bond donors (Lipinski definition) is 0. The average Bonchev–Trinajstić information content (AvgIpc) is 3.18. The highest BCUT2D eigenvalue weighted by molar-refractivity contribution is 14.1. The van der Waals surface area contributed by atoms with Crippen molar-refractivity contribution < 1.29 is 33.0 Å². The molecule has 0 radical (unpaired) electrons. The molecule has 0 unspecified atom stereocenters. The minimum absolute atomic E-state index is 0.0135. The lowest BCUT2D eigenvalue weighted by molar-refractivity contribution is -0.159. The van der Waals surface area contributed by atoms with Gasteiger partial charge in [0.1, 0.15) is 12.5 Å². The van der Waals surface area contributed by atoms with E-state index in [0.29, 0.717) is 0 Å². The van der Waals surface area contributed by atoms with Crippen LogP contribution >= 0.6 is 34.4 Å². The largest absolute Gasteiger partial charge is 0.467 e. The van der Waals surface area contributed by atoms with E-state index in [2.05, 4.69) is 56.5 Å². The summed E-state index contributed by atoms with van der Waals surface area (Å²) in [5.41, 5.74) is 1.63. The number of alkyl halides is 1. The molecule has 39 heavy (non-hydrogen) atoms. The zero-order valence-electron chi connectivity index (χ0n) is 23.4. The topological polar surface area (TPSA) is 88.1 Å². The van der Waals surface area contributed by atoms with Gasteiger partial charge in [-0.05, 0) is 29.3 Å². The molecule has 10 heteroatoms. The second-order valence-corrected chi connectivity index (χ2v) is 18.7. The molecular formula is C29H37IO7SSi. The molecule has 212 valence electrons. The Kier molecular flexibility index (Phi) is 10.3. The fourth-order valence-corrected chi connectivity index (χ4v) is 9.10. The summed E-state index contributed by atoms with van der Waals surface area (Å²) in [5.74, 6) is -2.49. The standard InChI is InChI=1S/C29H37IO7SSi/c1-28(2,3)39(6,7)37-24-23(30)21(38-29(24,26(32)34-4)27(33)35-5)18-36-25(31)22(19-14-10-8-11-15-19)20-16-12-9-13-17-20/h8-17,21-24H,18H2,1-7H3/t21-,23+,24-/m0/s1. The normalized spacial score (nSPS) is 20.9. The molecular weight excluding hydrogens is 647 g/mol. The number of methoxy groups -OCH3 is 2. The van der Waals surface area contributed by atoms with E-state index in [-0.39, 0.29) is 15.6 Å². The van der Waals surface area contributed by atoms with Gasteiger partial charge in [-0.25, -0.2) is 9.59 Å². The minimum atomic E-state index is -2.44. The fraction of sp³-hybridized carbons (Fsp3) is 0.483. The summed E-state index contributed by atoms with van der Waals surface area (Å²) < 4.78 is 20.8. The molecule has 2 aromatic rings. The van der Waals surface area contributed by atoms with E-state index in [4.69, 9.17) is 18.6 Å². The van der Waals surface area contributed by atoms with E-state index >= 15 is 0 Å². The molecule has 1 aliphatic heterocycles. The van der Waals surface area contributed by atoms with Gasteiger partial charge in [0, 0.05) is 0 Å². The lowest BCUT2D eigenvalue weighted by atomic mass is 9.91. The molecule has 2 aromatic carbocycles. The van der Waals surface area contributed by atoms with Crippen molar-refractivity contribution >= 4 is 60.6 Å². The van der Waals surface area contributed by atoms with Crippen molar-refractivity contribution in [2.75, 3.05) is 20.8 Å². The SMILES string of the molecule is COC(=O)C1(C(=O)OC)S[C@@H](COC(=O)C(c2ccccc2)c2ccccc2)[C@@H](I)[C@@H]1O[Si](C)(C)C(C)(C)C. The molecule has 0 bridgehead atoms. The Hall–Kier alpha value is -1.89. The molecule has 3 atom stereocenters. The maximum atomic E-state index is 13.5. The van der Waals surface area contributed by atoms with E-state index in [9.17, 15) is 14.4 Å². The van der Waals surface area contributed by atoms with Crippen LogP contribution in [0.5, 0.6) is 0 Å². The fourth-order valence-electron chi connectivity index (χ4n) is 4.28. The third kappa shape index (κ3) is 6.55. The van der Waals surface area contributed by atoms with Crippen LogP contribution in [0.2, 0.25) is 18.1 Å². The Morgan fingerprint density at radius 1 is 0.923 bits per heavy atom. The molecule has 0 N–H and O–H groups in total. The lowest BCUT2D eigenvalue weighted by Crippen LogP contribution is -2.59. The Morgan fingerprint density at radius 2 is 1.38 bits per heavy atom. The number of thioether (sulfide) groups is 1. The predicted octanol–water partition coefficient (Wildman–Crippen LogP) is 5.76. The number of carbonyl (C=O) groups excluding carboxylic acids is 3. The van der Waals surface area contributed by atoms with Crippen LogP contribution in [-0.4, -0.2) is 67.1 Å². The highest BCUT2D eigenvalue weighted by Gasteiger charge is 2.67. The summed E-state index contributed by atoms with van der Waals surface area (Å²) in [7, 11) is 0.0540. The Labute approximate surface area is 250 Å². The number of halogens is 1. The number of esters is 3. The molecule has 1 fully saturated rings. The summed E-state index contributed by atoms with van der Waals surface area (Å²) >= 11 is 3.31. The Bertz CT molecular complexity index is 1100. The van der Waals surface area contributed by atoms with Crippen molar-refractivity contribution in [2.45, 2.75) is 64.8 Å². The van der Waals surface area contributed by atoms with Crippen LogP contribution in [0, 0.1) is 0 Å². The molecule has 7 nitrogen and oxygen atoms in total. The smallest absolute Gasteiger partial charge is 0.336 e. The van der Waals surface area contributed by atoms with Gasteiger partial charge in [0.25, 0.3) is 0 Å². The Balaban J connectivity index is 1.93. The zero-order chi connectivity index (χ0) is 29.0. The van der Waals surface area contributed by atoms with Gasteiger partial charge in [0.15, 0.2) is 8.32 Å². The monoisotopic (exact) mass is 684 g/mol. The summed E-state index contributed by atoms with van der Waals surface area (Å²) in [6, 6.07) is 18.9. The van der Waals surface area contributed by atoms with Crippen molar-refractivity contribution in [3.05, 3.63) is 71.8 Å². The predicted molar refractivity (Wildman–Crippen MR) is 164 cm³/mol. The molecule has 0 aliphatic carbocycles. The van der Waals surface area contributed by atoms with Gasteiger partial charge in [-0.2, -0.15) is 0 Å². The van der Waals surface area contributed by atoms with E-state index in [1.165, 1.54) is 14.2 Å². The van der Waals surface area contributed by atoms with Gasteiger partial charge in [0.05, 0.1) is 29.5 Å². The van der Waals surface area contributed by atoms with Crippen LogP contribution in [0.3, 0.4) is 0 Å². The summed E-state index contributed by atoms with van der Waals surface area (Å²) in [4.78, 5) is 40.1. The molecule has 0 saturated carbocycles. The lowest BCUT2D eigenvalue weighted by Gasteiger charge is -2.42. The maximum absolute atomic E-state index is 13.5. The minimum Gasteiger partial charge on any atom is -0.467 e. The van der Waals surface area contributed by atoms with Gasteiger partial charge in [-0.15, -0.1) is 11.8 Å². The van der Waals surface area contributed by atoms with Gasteiger partial charge >= 0.3 is 17.9 Å². The van der Waals surface area contributed by atoms with Crippen LogP contribution in [0.4, 0.5) is 0 Å². The first-order chi connectivity index (χ1) is 18.3. The molecule has 0 aromatic heterocycles. The van der Waals surface area contributed by atoms with Crippen molar-refractivity contribution in [3.8, 4) is 0 Å². The summed E-state index contributed by atoms with van der Waals surface area (Å²) in [5, 5.41) is -0.593. The van der Waals surface area contributed by atoms with Crippen LogP contribution in [0.1, 0.15) is 37.8 Å².